The van der Waals surface area contributed by atoms with E-state index in [1.54, 1.807) is 29.2 Å². The Labute approximate surface area is 216 Å². The highest BCUT2D eigenvalue weighted by molar-refractivity contribution is 7.86. The van der Waals surface area contributed by atoms with Crippen molar-refractivity contribution in [3.8, 4) is 0 Å². The van der Waals surface area contributed by atoms with E-state index in [2.05, 4.69) is 6.92 Å². The fourth-order valence-electron chi connectivity index (χ4n) is 4.60. The second-order valence-electron chi connectivity index (χ2n) is 10.2. The molecule has 200 valence electrons. The average molecular weight is 507 g/mol. The zero-order chi connectivity index (χ0) is 25.4. The van der Waals surface area contributed by atoms with Crippen LogP contribution in [0.5, 0.6) is 0 Å². The Balaban J connectivity index is 1.50. The monoisotopic (exact) mass is 506 g/mol. The number of hydrogen-bond acceptors (Lipinski definition) is 5. The number of benzene rings is 1. The van der Waals surface area contributed by atoms with Crippen LogP contribution in [0.15, 0.2) is 41.6 Å². The van der Waals surface area contributed by atoms with Gasteiger partial charge < -0.3 is 9.80 Å². The highest BCUT2D eigenvalue weighted by atomic mass is 32.2. The van der Waals surface area contributed by atoms with E-state index in [9.17, 15) is 8.42 Å². The molecule has 0 aliphatic carbocycles. The summed E-state index contributed by atoms with van der Waals surface area (Å²) in [5.74, 6) is 0. The van der Waals surface area contributed by atoms with E-state index in [-0.39, 0.29) is 4.90 Å². The molecule has 1 aromatic carbocycles. The summed E-state index contributed by atoms with van der Waals surface area (Å²) in [4.78, 5) is 3.99. The smallest absolute Gasteiger partial charge is 0.300 e. The summed E-state index contributed by atoms with van der Waals surface area (Å²) in [6.45, 7) is 5.01. The van der Waals surface area contributed by atoms with Gasteiger partial charge in [-0.05, 0) is 25.5 Å². The number of hydrogen-bond donors (Lipinski definition) is 0. The Hall–Kier alpha value is -1.53. The van der Waals surface area contributed by atoms with Crippen LogP contribution in [0.1, 0.15) is 115 Å². The van der Waals surface area contributed by atoms with Crippen LogP contribution in [0.2, 0.25) is 0 Å². The molecule has 5 nitrogen and oxygen atoms in total. The molecule has 0 saturated heterocycles. The lowest BCUT2D eigenvalue weighted by Crippen LogP contribution is -2.40. The molecule has 1 aliphatic rings. The van der Waals surface area contributed by atoms with Gasteiger partial charge in [0.15, 0.2) is 0 Å². The van der Waals surface area contributed by atoms with E-state index >= 15 is 0 Å². The predicted octanol–water partition coefficient (Wildman–Crippen LogP) is 7.96. The van der Waals surface area contributed by atoms with Gasteiger partial charge >= 0.3 is 0 Å². The van der Waals surface area contributed by atoms with E-state index in [0.717, 1.165) is 18.5 Å². The van der Waals surface area contributed by atoms with Crippen LogP contribution in [0.3, 0.4) is 0 Å². The molecular weight excluding hydrogens is 456 g/mol. The number of nitrogens with zero attached hydrogens (tertiary/aromatic N) is 2. The number of unbranched alkanes of at least 4 members (excludes halogenated alkanes) is 15. The number of rotatable bonds is 20. The SMILES string of the molecule is CCCCCCCCCCCCCCCCCCN1C=CN(C)C1OS(=O)(=O)c1ccc(C)cc1. The van der Waals surface area contributed by atoms with Crippen molar-refractivity contribution in [1.29, 1.82) is 0 Å². The first-order valence-electron chi connectivity index (χ1n) is 14.1. The molecular formula is C29H50N2O3S. The summed E-state index contributed by atoms with van der Waals surface area (Å²) in [7, 11) is -1.96. The van der Waals surface area contributed by atoms with E-state index in [1.807, 2.05) is 31.3 Å². The van der Waals surface area contributed by atoms with Crippen molar-refractivity contribution in [1.82, 2.24) is 9.80 Å². The van der Waals surface area contributed by atoms with Crippen molar-refractivity contribution < 1.29 is 12.6 Å². The molecule has 1 atom stereocenters. The van der Waals surface area contributed by atoms with Crippen molar-refractivity contribution >= 4 is 10.1 Å². The topological polar surface area (TPSA) is 49.9 Å². The van der Waals surface area contributed by atoms with Crippen molar-refractivity contribution in [2.75, 3.05) is 13.6 Å². The molecule has 0 saturated carbocycles. The Morgan fingerprint density at radius 3 is 1.66 bits per heavy atom. The molecule has 0 amide bonds. The highest BCUT2D eigenvalue weighted by Gasteiger charge is 2.30. The largest absolute Gasteiger partial charge is 0.336 e. The maximum Gasteiger partial charge on any atom is 0.300 e. The molecule has 1 unspecified atom stereocenters. The first-order valence-corrected chi connectivity index (χ1v) is 15.5. The van der Waals surface area contributed by atoms with Gasteiger partial charge in [-0.3, -0.25) is 0 Å². The summed E-state index contributed by atoms with van der Waals surface area (Å²) in [5, 5.41) is 0. The van der Waals surface area contributed by atoms with Crippen LogP contribution in [-0.4, -0.2) is 38.2 Å². The minimum absolute atomic E-state index is 0.200. The molecule has 0 aromatic heterocycles. The third-order valence-corrected chi connectivity index (χ3v) is 8.19. The number of aryl methyl sites for hydroxylation is 1. The maximum absolute atomic E-state index is 12.7. The molecule has 0 spiro atoms. The quantitative estimate of drug-likeness (QED) is 0.133. The second kappa shape index (κ2) is 17.0. The third kappa shape index (κ3) is 11.8. The van der Waals surface area contributed by atoms with E-state index in [4.69, 9.17) is 4.18 Å². The summed E-state index contributed by atoms with van der Waals surface area (Å²) in [6, 6.07) is 6.79. The summed E-state index contributed by atoms with van der Waals surface area (Å²) >= 11 is 0. The molecule has 0 N–H and O–H groups in total. The van der Waals surface area contributed by atoms with Gasteiger partial charge in [0.1, 0.15) is 0 Å². The normalized spacial score (nSPS) is 15.9. The van der Waals surface area contributed by atoms with Crippen LogP contribution in [0, 0.1) is 6.92 Å². The van der Waals surface area contributed by atoms with Crippen molar-refractivity contribution in [2.24, 2.45) is 0 Å². The van der Waals surface area contributed by atoms with Crippen molar-refractivity contribution in [2.45, 2.75) is 128 Å². The highest BCUT2D eigenvalue weighted by Crippen LogP contribution is 2.23. The summed E-state index contributed by atoms with van der Waals surface area (Å²) in [5.41, 5.74) is 1.02. The van der Waals surface area contributed by atoms with Crippen LogP contribution >= 0.6 is 0 Å². The van der Waals surface area contributed by atoms with Crippen LogP contribution < -0.4 is 0 Å². The van der Waals surface area contributed by atoms with E-state index in [0.29, 0.717) is 0 Å². The lowest BCUT2D eigenvalue weighted by Gasteiger charge is -2.29. The zero-order valence-corrected chi connectivity index (χ0v) is 23.4. The Morgan fingerprint density at radius 2 is 1.17 bits per heavy atom. The maximum atomic E-state index is 12.7. The lowest BCUT2D eigenvalue weighted by atomic mass is 10.0. The molecule has 35 heavy (non-hydrogen) atoms. The molecule has 0 radical (unpaired) electrons. The second-order valence-corrected chi connectivity index (χ2v) is 11.8. The van der Waals surface area contributed by atoms with Gasteiger partial charge in [-0.25, -0.2) is 4.18 Å². The molecule has 2 rings (SSSR count). The minimum Gasteiger partial charge on any atom is -0.336 e. The zero-order valence-electron chi connectivity index (χ0n) is 22.6. The van der Waals surface area contributed by atoms with Crippen LogP contribution in [0.25, 0.3) is 0 Å². The lowest BCUT2D eigenvalue weighted by molar-refractivity contribution is -0.00906. The van der Waals surface area contributed by atoms with Crippen molar-refractivity contribution in [3.05, 3.63) is 42.2 Å². The van der Waals surface area contributed by atoms with Gasteiger partial charge in [0.05, 0.1) is 4.90 Å². The van der Waals surface area contributed by atoms with Crippen LogP contribution in [-0.2, 0) is 14.3 Å². The predicted molar refractivity (Wildman–Crippen MR) is 146 cm³/mol. The Morgan fingerprint density at radius 1 is 0.714 bits per heavy atom. The Bertz CT molecular complexity index is 808. The van der Waals surface area contributed by atoms with E-state index in [1.165, 1.54) is 96.3 Å². The van der Waals surface area contributed by atoms with Crippen LogP contribution in [0.4, 0.5) is 0 Å². The van der Waals surface area contributed by atoms with E-state index < -0.39 is 16.5 Å². The van der Waals surface area contributed by atoms with Crippen molar-refractivity contribution in [3.63, 3.8) is 0 Å². The minimum atomic E-state index is -3.81. The standard InChI is InChI=1S/C29H50N2O3S/c1-4-5-6-7-8-9-10-11-12-13-14-15-16-17-18-19-24-31-26-25-30(3)29(31)34-35(32,33)28-22-20-27(2)21-23-28/h20-23,25-26,29H,4-19,24H2,1-3H3. The van der Waals surface area contributed by atoms with Gasteiger partial charge in [-0.1, -0.05) is 121 Å². The molecule has 1 aromatic rings. The molecule has 1 aliphatic heterocycles. The van der Waals surface area contributed by atoms with Gasteiger partial charge in [-0.15, -0.1) is 0 Å². The summed E-state index contributed by atoms with van der Waals surface area (Å²) in [6.07, 6.45) is 24.7. The van der Waals surface area contributed by atoms with Gasteiger partial charge in [0.2, 0.25) is 6.35 Å². The molecule has 0 fully saturated rings. The Kier molecular flexibility index (Phi) is 14.4. The first kappa shape index (κ1) is 29.7. The van der Waals surface area contributed by atoms with Gasteiger partial charge in [0.25, 0.3) is 10.1 Å². The molecule has 6 heteroatoms. The summed E-state index contributed by atoms with van der Waals surface area (Å²) < 4.78 is 31.0. The fourth-order valence-corrected chi connectivity index (χ4v) is 5.65. The molecule has 1 heterocycles. The first-order chi connectivity index (χ1) is 16.9. The van der Waals surface area contributed by atoms with Gasteiger partial charge in [-0.2, -0.15) is 8.42 Å². The van der Waals surface area contributed by atoms with Gasteiger partial charge in [0, 0.05) is 26.0 Å². The third-order valence-electron chi connectivity index (χ3n) is 6.92. The molecule has 0 bridgehead atoms. The fraction of sp³-hybridized carbons (Fsp3) is 0.724. The average Bonchev–Trinajstić information content (AvgIpc) is 3.17.